The second-order valence-corrected chi connectivity index (χ2v) is 10.3. The van der Waals surface area contributed by atoms with Crippen LogP contribution in [0.1, 0.15) is 51.0 Å². The second-order valence-electron chi connectivity index (χ2n) is 10.3. The number of carboxylic acids is 1. The van der Waals surface area contributed by atoms with Crippen molar-refractivity contribution < 1.29 is 9.90 Å². The molecule has 4 bridgehead atoms. The van der Waals surface area contributed by atoms with Crippen LogP contribution in [-0.4, -0.2) is 38.1 Å². The number of carbonyl (C=O) groups is 1. The molecule has 8 nitrogen and oxygen atoms in total. The Kier molecular flexibility index (Phi) is 5.28. The standard InChI is InChI=1S/C24H32N6O2/c1-13(24-10-15-6-16(11-24)8-17(7-15)12-24)27-23-29-20(28-22(26)30-23)18-4-2-14(3-5-18)9-19(25)21(31)32/h2-5,13,15-17,19H,6-12,25H2,1H3,(H,31,32)(H3,26,27,28,29,30)/t13?,15?,16?,17?,19-,24?/m0/s1. The highest BCUT2D eigenvalue weighted by Gasteiger charge is 2.53. The Morgan fingerprint density at radius 3 is 2.25 bits per heavy atom. The zero-order chi connectivity index (χ0) is 22.5. The molecule has 32 heavy (non-hydrogen) atoms. The van der Waals surface area contributed by atoms with E-state index in [2.05, 4.69) is 27.2 Å². The average Bonchev–Trinajstić information content (AvgIpc) is 2.73. The molecule has 1 aromatic carbocycles. The largest absolute Gasteiger partial charge is 0.480 e. The molecule has 4 saturated carbocycles. The SMILES string of the molecule is CC(Nc1nc(N)nc(-c2ccc(C[C@H](N)C(=O)O)cc2)n1)C12CC3CC(CC(C3)C1)C2. The predicted octanol–water partition coefficient (Wildman–Crippen LogP) is 3.09. The summed E-state index contributed by atoms with van der Waals surface area (Å²) in [6, 6.07) is 6.80. The molecule has 4 aliphatic rings. The van der Waals surface area contributed by atoms with E-state index in [4.69, 9.17) is 16.6 Å². The molecular formula is C24H32N6O2. The first-order chi connectivity index (χ1) is 15.3. The number of aromatic nitrogens is 3. The maximum atomic E-state index is 11.0. The maximum Gasteiger partial charge on any atom is 0.320 e. The minimum atomic E-state index is -1.01. The maximum absolute atomic E-state index is 11.0. The van der Waals surface area contributed by atoms with E-state index in [0.29, 0.717) is 17.2 Å². The second kappa shape index (κ2) is 7.99. The van der Waals surface area contributed by atoms with Crippen LogP contribution in [-0.2, 0) is 11.2 Å². The van der Waals surface area contributed by atoms with Crippen molar-refractivity contribution >= 4 is 17.9 Å². The van der Waals surface area contributed by atoms with Gasteiger partial charge in [0.25, 0.3) is 0 Å². The molecule has 0 amide bonds. The Morgan fingerprint density at radius 1 is 1.09 bits per heavy atom. The minimum Gasteiger partial charge on any atom is -0.480 e. The van der Waals surface area contributed by atoms with Gasteiger partial charge in [0.05, 0.1) is 0 Å². The van der Waals surface area contributed by atoms with Crippen LogP contribution >= 0.6 is 0 Å². The lowest BCUT2D eigenvalue weighted by molar-refractivity contribution is -0.138. The van der Waals surface area contributed by atoms with Gasteiger partial charge in [0, 0.05) is 11.6 Å². The Hall–Kier alpha value is -2.74. The fourth-order valence-corrected chi connectivity index (χ4v) is 6.77. The fourth-order valence-electron chi connectivity index (χ4n) is 6.77. The summed E-state index contributed by atoms with van der Waals surface area (Å²) in [6.07, 6.45) is 8.44. The first-order valence-corrected chi connectivity index (χ1v) is 11.7. The van der Waals surface area contributed by atoms with Gasteiger partial charge >= 0.3 is 5.97 Å². The number of nitrogens with two attached hydrogens (primary N) is 2. The summed E-state index contributed by atoms with van der Waals surface area (Å²) in [7, 11) is 0. The van der Waals surface area contributed by atoms with Crippen molar-refractivity contribution in [2.24, 2.45) is 28.9 Å². The first-order valence-electron chi connectivity index (χ1n) is 11.7. The topological polar surface area (TPSA) is 140 Å². The molecular weight excluding hydrogens is 404 g/mol. The third-order valence-corrected chi connectivity index (χ3v) is 7.99. The number of anilines is 2. The van der Waals surface area contributed by atoms with Crippen LogP contribution in [0.15, 0.2) is 24.3 Å². The van der Waals surface area contributed by atoms with E-state index in [1.54, 1.807) is 0 Å². The average molecular weight is 437 g/mol. The van der Waals surface area contributed by atoms with Crippen molar-refractivity contribution in [2.45, 2.75) is 64.0 Å². The number of hydrogen-bond donors (Lipinski definition) is 4. The number of hydrogen-bond acceptors (Lipinski definition) is 7. The molecule has 0 aliphatic heterocycles. The van der Waals surface area contributed by atoms with E-state index >= 15 is 0 Å². The quantitative estimate of drug-likeness (QED) is 0.519. The lowest BCUT2D eigenvalue weighted by Crippen LogP contribution is -2.53. The molecule has 1 unspecified atom stereocenters. The van der Waals surface area contributed by atoms with Crippen LogP contribution in [0.5, 0.6) is 0 Å². The van der Waals surface area contributed by atoms with Crippen molar-refractivity contribution in [3.63, 3.8) is 0 Å². The molecule has 4 fully saturated rings. The van der Waals surface area contributed by atoms with E-state index in [0.717, 1.165) is 28.9 Å². The van der Waals surface area contributed by atoms with Crippen LogP contribution < -0.4 is 16.8 Å². The number of carboxylic acid groups (broad SMARTS) is 1. The highest BCUT2D eigenvalue weighted by molar-refractivity contribution is 5.73. The van der Waals surface area contributed by atoms with Gasteiger partial charge in [-0.3, -0.25) is 4.79 Å². The lowest BCUT2D eigenvalue weighted by Gasteiger charge is -2.59. The van der Waals surface area contributed by atoms with Crippen LogP contribution in [0.2, 0.25) is 0 Å². The van der Waals surface area contributed by atoms with E-state index < -0.39 is 12.0 Å². The van der Waals surface area contributed by atoms with Crippen LogP contribution in [0.4, 0.5) is 11.9 Å². The number of aliphatic carboxylic acids is 1. The molecule has 0 radical (unpaired) electrons. The van der Waals surface area contributed by atoms with E-state index in [-0.39, 0.29) is 18.4 Å². The Labute approximate surface area is 188 Å². The number of rotatable bonds is 7. The zero-order valence-electron chi connectivity index (χ0n) is 18.5. The molecule has 6 rings (SSSR count). The normalized spacial score (nSPS) is 30.1. The van der Waals surface area contributed by atoms with Gasteiger partial charge in [0.1, 0.15) is 6.04 Å². The minimum absolute atomic E-state index is 0.187. The van der Waals surface area contributed by atoms with Gasteiger partial charge in [-0.1, -0.05) is 24.3 Å². The van der Waals surface area contributed by atoms with Crippen LogP contribution in [0.3, 0.4) is 0 Å². The first kappa shape index (κ1) is 21.1. The molecule has 6 N–H and O–H groups in total. The summed E-state index contributed by atoms with van der Waals surface area (Å²) in [5, 5.41) is 12.6. The van der Waals surface area contributed by atoms with E-state index in [9.17, 15) is 4.79 Å². The van der Waals surface area contributed by atoms with Gasteiger partial charge in [-0.2, -0.15) is 15.0 Å². The number of benzene rings is 1. The fraction of sp³-hybridized carbons (Fsp3) is 0.583. The van der Waals surface area contributed by atoms with Gasteiger partial charge in [0.2, 0.25) is 11.9 Å². The van der Waals surface area contributed by atoms with Gasteiger partial charge < -0.3 is 21.9 Å². The highest BCUT2D eigenvalue weighted by atomic mass is 16.4. The van der Waals surface area contributed by atoms with E-state index in [1.807, 2.05) is 24.3 Å². The Bertz CT molecular complexity index is 973. The van der Waals surface area contributed by atoms with Gasteiger partial charge in [-0.05, 0) is 80.6 Å². The molecule has 2 aromatic rings. The molecule has 170 valence electrons. The summed E-state index contributed by atoms with van der Waals surface area (Å²) in [6.45, 7) is 2.27. The van der Waals surface area contributed by atoms with Crippen LogP contribution in [0, 0.1) is 23.2 Å². The number of nitrogens with one attached hydrogen (secondary N) is 1. The molecule has 1 heterocycles. The molecule has 2 atom stereocenters. The smallest absolute Gasteiger partial charge is 0.320 e. The molecule has 1 aromatic heterocycles. The summed E-state index contributed by atoms with van der Waals surface area (Å²) >= 11 is 0. The van der Waals surface area contributed by atoms with Gasteiger partial charge in [0.15, 0.2) is 5.82 Å². The monoisotopic (exact) mass is 436 g/mol. The summed E-state index contributed by atoms with van der Waals surface area (Å²) in [5.41, 5.74) is 13.6. The summed E-state index contributed by atoms with van der Waals surface area (Å²) in [5.74, 6) is 2.86. The third kappa shape index (κ3) is 4.03. The van der Waals surface area contributed by atoms with Crippen molar-refractivity contribution in [1.82, 2.24) is 15.0 Å². The molecule has 0 saturated heterocycles. The number of nitrogen functional groups attached to an aromatic ring is 1. The summed E-state index contributed by atoms with van der Waals surface area (Å²) in [4.78, 5) is 24.3. The summed E-state index contributed by atoms with van der Waals surface area (Å²) < 4.78 is 0. The van der Waals surface area contributed by atoms with E-state index in [1.165, 1.54) is 38.5 Å². The van der Waals surface area contributed by atoms with Crippen molar-refractivity contribution in [1.29, 1.82) is 0 Å². The van der Waals surface area contributed by atoms with Crippen molar-refractivity contribution in [2.75, 3.05) is 11.1 Å². The third-order valence-electron chi connectivity index (χ3n) is 7.99. The lowest BCUT2D eigenvalue weighted by atomic mass is 9.48. The van der Waals surface area contributed by atoms with Gasteiger partial charge in [-0.15, -0.1) is 0 Å². The Balaban J connectivity index is 1.32. The Morgan fingerprint density at radius 2 is 1.69 bits per heavy atom. The zero-order valence-corrected chi connectivity index (χ0v) is 18.5. The van der Waals surface area contributed by atoms with Crippen molar-refractivity contribution in [3.05, 3.63) is 29.8 Å². The highest BCUT2D eigenvalue weighted by Crippen LogP contribution is 2.61. The van der Waals surface area contributed by atoms with Crippen molar-refractivity contribution in [3.8, 4) is 11.4 Å². The molecule has 0 spiro atoms. The molecule has 8 heteroatoms. The van der Waals surface area contributed by atoms with Crippen LogP contribution in [0.25, 0.3) is 11.4 Å². The molecule has 4 aliphatic carbocycles. The van der Waals surface area contributed by atoms with Gasteiger partial charge in [-0.25, -0.2) is 0 Å². The predicted molar refractivity (Wildman–Crippen MR) is 123 cm³/mol. The number of nitrogens with zero attached hydrogens (tertiary/aromatic N) is 3.